The Labute approximate surface area is 738 Å². The first-order chi connectivity index (χ1) is 62.8. The minimum atomic E-state index is -4.56. The molecule has 0 amide bonds. The average Bonchev–Trinajstić information content (AvgIpc) is 1.03. The van der Waals surface area contributed by atoms with Crippen LogP contribution >= 0.6 is 0 Å². The predicted octanol–water partition coefficient (Wildman–Crippen LogP) is 25.0. The highest BCUT2D eigenvalue weighted by Crippen LogP contribution is 2.44. The summed E-state index contributed by atoms with van der Waals surface area (Å²) in [5.41, 5.74) is 6.52. The van der Waals surface area contributed by atoms with Crippen molar-refractivity contribution >= 4 is 16.6 Å². The number of halogens is 13. The van der Waals surface area contributed by atoms with E-state index in [9.17, 15) is 57.1 Å². The maximum Gasteiger partial charge on any atom is 0.433 e. The van der Waals surface area contributed by atoms with Crippen molar-refractivity contribution < 1.29 is 95.0 Å². The second-order valence-electron chi connectivity index (χ2n) is 28.1. The highest BCUT2D eigenvalue weighted by molar-refractivity contribution is 5.93. The summed E-state index contributed by atoms with van der Waals surface area (Å²) in [6.07, 6.45) is 7.84. The molecule has 0 N–H and O–H groups in total. The van der Waals surface area contributed by atoms with Crippen LogP contribution in [0.3, 0.4) is 0 Å². The van der Waals surface area contributed by atoms with Gasteiger partial charge in [-0.25, -0.2) is 57.6 Å². The summed E-state index contributed by atoms with van der Waals surface area (Å²) in [6, 6.07) is 56.4. The summed E-state index contributed by atoms with van der Waals surface area (Å²) >= 11 is 0. The molecule has 23 nitrogen and oxygen atoms in total. The number of fused-ring (bicyclic) bond motifs is 2. The largest absolute Gasteiger partial charge is 0.496 e. The number of pyridine rings is 12. The first kappa shape index (κ1) is 92.5. The number of methoxy groups -OCH3 is 3. The lowest BCUT2D eigenvalue weighted by molar-refractivity contribution is -0.142. The second kappa shape index (κ2) is 41.1. The first-order valence-electron chi connectivity index (χ1n) is 39.1. The van der Waals surface area contributed by atoms with Gasteiger partial charge in [0.05, 0.1) is 98.1 Å². The Morgan fingerprint density at radius 2 is 0.718 bits per heavy atom. The molecule has 0 aliphatic heterocycles. The van der Waals surface area contributed by atoms with Crippen LogP contribution in [0.15, 0.2) is 287 Å². The number of rotatable bonds is 21. The van der Waals surface area contributed by atoms with Gasteiger partial charge in [-0.1, -0.05) is 54.6 Å². The van der Waals surface area contributed by atoms with Crippen LogP contribution < -0.4 is 37.9 Å². The van der Waals surface area contributed by atoms with Gasteiger partial charge in [-0.05, 0) is 183 Å². The van der Waals surface area contributed by atoms with Crippen molar-refractivity contribution in [1.29, 1.82) is 0 Å². The normalized spacial score (nSPS) is 11.3. The third kappa shape index (κ3) is 23.2. The molecule has 0 aliphatic carbocycles. The molecule has 14 aromatic heterocycles. The lowest BCUT2D eigenvalue weighted by Crippen LogP contribution is -2.10. The minimum Gasteiger partial charge on any atom is -0.496 e. The van der Waals surface area contributed by atoms with Crippen LogP contribution in [-0.4, -0.2) is 95.7 Å². The summed E-state index contributed by atoms with van der Waals surface area (Å²) in [5, 5.41) is 4.32. The minimum absolute atomic E-state index is 0.0234. The molecule has 0 aliphatic rings. The number of benzene rings is 3. The van der Waals surface area contributed by atoms with Gasteiger partial charge in [-0.2, -0.15) is 49.0 Å². The third-order valence-electron chi connectivity index (χ3n) is 18.8. The number of hydrogen-bond donors (Lipinski definition) is 0. The van der Waals surface area contributed by atoms with Crippen molar-refractivity contribution in [3.63, 3.8) is 0 Å². The molecule has 0 unspecified atom stereocenters. The van der Waals surface area contributed by atoms with Crippen LogP contribution in [0.25, 0.3) is 72.3 Å². The summed E-state index contributed by atoms with van der Waals surface area (Å²) in [4.78, 5) is 51.9. The van der Waals surface area contributed by atoms with Gasteiger partial charge in [-0.15, -0.1) is 0 Å². The lowest BCUT2D eigenvalue weighted by atomic mass is 10.1. The smallest absolute Gasteiger partial charge is 0.433 e. The Kier molecular flexibility index (Phi) is 29.0. The molecule has 0 bridgehead atoms. The quantitative estimate of drug-likeness (QED) is 0.0605. The Morgan fingerprint density at radius 3 is 1.15 bits per heavy atom. The molecule has 17 rings (SSSR count). The zero-order chi connectivity index (χ0) is 93.2. The van der Waals surface area contributed by atoms with Gasteiger partial charge >= 0.3 is 12.4 Å². The molecule has 0 radical (unpaired) electrons. The fourth-order valence-corrected chi connectivity index (χ4v) is 12.9. The van der Waals surface area contributed by atoms with Crippen molar-refractivity contribution in [3.05, 3.63) is 338 Å². The maximum absolute atomic E-state index is 13.6. The number of alkyl halides is 12. The number of aromatic nitrogens is 15. The first-order valence-corrected chi connectivity index (χ1v) is 39.1. The van der Waals surface area contributed by atoms with Crippen molar-refractivity contribution in [2.45, 2.75) is 65.2 Å². The highest BCUT2D eigenvalue weighted by Gasteiger charge is 2.36. The van der Waals surface area contributed by atoms with Crippen molar-refractivity contribution in [1.82, 2.24) is 74.4 Å². The summed E-state index contributed by atoms with van der Waals surface area (Å²) < 4.78 is 216. The predicted molar refractivity (Wildman–Crippen MR) is 457 cm³/mol. The van der Waals surface area contributed by atoms with Crippen LogP contribution in [0.1, 0.15) is 65.4 Å². The molecular weight excluding hydrogens is 1730 g/mol. The van der Waals surface area contributed by atoms with Gasteiger partial charge in [-0.3, -0.25) is 24.9 Å². The Hall–Kier alpha value is -16.2. The van der Waals surface area contributed by atoms with E-state index in [2.05, 4.69) is 69.9 Å². The van der Waals surface area contributed by atoms with Crippen LogP contribution in [-0.2, 0) is 24.2 Å². The van der Waals surface area contributed by atoms with E-state index in [1.165, 1.54) is 94.3 Å². The highest BCUT2D eigenvalue weighted by atomic mass is 19.4. The van der Waals surface area contributed by atoms with E-state index in [-0.39, 0.29) is 62.9 Å². The van der Waals surface area contributed by atoms with Crippen LogP contribution in [0.4, 0.5) is 57.1 Å². The van der Waals surface area contributed by atoms with Crippen molar-refractivity contribution in [3.8, 4) is 131 Å². The van der Waals surface area contributed by atoms with E-state index in [0.29, 0.717) is 68.6 Å². The zero-order valence-electron chi connectivity index (χ0n) is 70.1. The molecule has 666 valence electrons. The fourth-order valence-electron chi connectivity index (χ4n) is 12.9. The topological polar surface area (TPSA) is 259 Å². The summed E-state index contributed by atoms with van der Waals surface area (Å²) in [7, 11) is 4.52. The SMILES string of the molecule is CC(F)(F)c1ccc(Oc2ncccc2-c2cccc3ccnn23)cn1.CC(F)(F)c1ccc(Oc2ncccc2-c2cccc3nccnc23)cn1.COc1ccccc1-c1cccnc1Oc1cnc(C(F)(F)F)c(C)c1.COc1ccccc1-c1cccnc1Oc1cnc(C(F)F)c(C)c1.COc1ncc(F)cc1-c1cccnc1Oc1cnc(C(F)(F)F)c(C)c1. The summed E-state index contributed by atoms with van der Waals surface area (Å²) in [5.74, 6) is -2.60. The number of nitrogens with zero attached hydrogens (tertiary/aromatic N) is 15. The number of para-hydroxylation sites is 3. The zero-order valence-corrected chi connectivity index (χ0v) is 70.1. The maximum atomic E-state index is 13.6. The number of ether oxygens (including phenoxy) is 8. The second-order valence-corrected chi connectivity index (χ2v) is 28.1. The molecule has 14 heterocycles. The fraction of sp³-hybridized carbons (Fsp3) is 0.137. The molecule has 17 aromatic rings. The molecule has 36 heteroatoms. The van der Waals surface area contributed by atoms with Crippen molar-refractivity contribution in [2.75, 3.05) is 21.3 Å². The van der Waals surface area contributed by atoms with Crippen molar-refractivity contribution in [2.24, 2.45) is 0 Å². The van der Waals surface area contributed by atoms with E-state index in [0.717, 1.165) is 82.5 Å². The van der Waals surface area contributed by atoms with Gasteiger partial charge in [0.1, 0.15) is 74.5 Å². The van der Waals surface area contributed by atoms with Crippen LogP contribution in [0.5, 0.6) is 75.5 Å². The van der Waals surface area contributed by atoms with Crippen LogP contribution in [0, 0.1) is 26.6 Å². The third-order valence-corrected chi connectivity index (χ3v) is 18.8. The summed E-state index contributed by atoms with van der Waals surface area (Å²) in [6.45, 7) is 5.79. The Bertz CT molecular complexity index is 6810. The van der Waals surface area contributed by atoms with E-state index in [1.54, 1.807) is 118 Å². The number of hydrogen-bond acceptors (Lipinski definition) is 22. The van der Waals surface area contributed by atoms with Gasteiger partial charge < -0.3 is 37.9 Å². The molecule has 131 heavy (non-hydrogen) atoms. The number of aryl methyl sites for hydroxylation is 3. The molecule has 3 aromatic carbocycles. The monoisotopic (exact) mass is 1800 g/mol. The standard InChI is InChI=1S/C20H14F2N4O.C19H15F3N2O2.C19H14F2N4O.C19H16F2N2O2.C18H13F4N3O2/c1-20(21,22)17-8-7-13(12-26-17)27-19-15(5-3-9-25-19)14-4-2-6-16-18(14)24-11-10-23-16;1-12-10-13(11-24-17(12)19(20,21)22)26-18-15(7-5-9-23-18)14-6-3-4-8-16(14)25-2;1-19(20,21)17-8-7-14(12-23-17)26-18-15(5-3-10-22-18)16-6-2-4-13-9-11-24-25(13)16;1-12-10-13(11-23-17(12)18(20)21)25-19-15(7-5-9-22-19)14-6-3-4-8-16(14)24-2;1-10-6-12(9-24-15(10)18(20,21)22)27-17-13(4-3-5-23-17)14-7-11(19)8-25-16(14)26-2/h2-12H,1H3;3-11H,1-2H3;2-12H,1H3;3-11,18H,1-2H3;3-9H,1-2H3. The van der Waals surface area contributed by atoms with E-state index < -0.39 is 47.8 Å². The van der Waals surface area contributed by atoms with E-state index in [1.807, 2.05) is 103 Å². The van der Waals surface area contributed by atoms with Gasteiger partial charge in [0.25, 0.3) is 18.3 Å². The molecule has 0 fully saturated rings. The molecule has 0 saturated carbocycles. The molecular formula is C95H72F13N15O8. The average molecular weight is 1800 g/mol. The molecule has 0 atom stereocenters. The molecule has 0 saturated heterocycles. The van der Waals surface area contributed by atoms with E-state index in [4.69, 9.17) is 37.9 Å². The van der Waals surface area contributed by atoms with Gasteiger partial charge in [0.2, 0.25) is 35.3 Å². The van der Waals surface area contributed by atoms with E-state index >= 15 is 0 Å². The Morgan fingerprint density at radius 1 is 0.313 bits per heavy atom. The van der Waals surface area contributed by atoms with Gasteiger partial charge in [0, 0.05) is 96.2 Å². The lowest BCUT2D eigenvalue weighted by Gasteiger charge is -2.14. The molecule has 0 spiro atoms. The van der Waals surface area contributed by atoms with Gasteiger partial charge in [0.15, 0.2) is 0 Å². The Balaban J connectivity index is 0.000000139. The van der Waals surface area contributed by atoms with Crippen LogP contribution in [0.2, 0.25) is 0 Å².